The van der Waals surface area contributed by atoms with E-state index in [2.05, 4.69) is 48.7 Å². The molecule has 26 heavy (non-hydrogen) atoms. The second-order valence-corrected chi connectivity index (χ2v) is 7.56. The van der Waals surface area contributed by atoms with E-state index in [4.69, 9.17) is 4.99 Å². The number of benzene rings is 1. The van der Waals surface area contributed by atoms with Gasteiger partial charge in [0.1, 0.15) is 0 Å². The Bertz CT molecular complexity index is 651. The summed E-state index contributed by atoms with van der Waals surface area (Å²) in [6.45, 7) is 8.58. The van der Waals surface area contributed by atoms with Gasteiger partial charge in [-0.15, -0.1) is 0 Å². The zero-order valence-corrected chi connectivity index (χ0v) is 16.2. The van der Waals surface area contributed by atoms with Crippen LogP contribution in [0.2, 0.25) is 0 Å². The Balaban J connectivity index is 1.51. The zero-order chi connectivity index (χ0) is 18.4. The molecule has 1 amide bonds. The van der Waals surface area contributed by atoms with E-state index in [9.17, 15) is 4.79 Å². The number of aryl methyl sites for hydroxylation is 1. The monoisotopic (exact) mass is 356 g/mol. The third kappa shape index (κ3) is 4.57. The van der Waals surface area contributed by atoms with Crippen LogP contribution in [0.3, 0.4) is 0 Å². The first kappa shape index (κ1) is 18.7. The molecule has 2 fully saturated rings. The molecule has 1 heterocycles. The quantitative estimate of drug-likeness (QED) is 0.428. The minimum absolute atomic E-state index is 0.232. The molecular formula is C21H32N4O. The third-order valence-electron chi connectivity index (χ3n) is 5.52. The first-order valence-electron chi connectivity index (χ1n) is 10.0. The fraction of sp³-hybridized carbons (Fsp3) is 0.619. The zero-order valence-electron chi connectivity index (χ0n) is 16.2. The summed E-state index contributed by atoms with van der Waals surface area (Å²) in [5.41, 5.74) is 3.05. The van der Waals surface area contributed by atoms with Gasteiger partial charge < -0.3 is 15.5 Å². The molecule has 5 heteroatoms. The Hall–Kier alpha value is -2.04. The van der Waals surface area contributed by atoms with E-state index in [-0.39, 0.29) is 5.41 Å². The second kappa shape index (κ2) is 8.56. The van der Waals surface area contributed by atoms with Crippen molar-refractivity contribution in [3.63, 3.8) is 0 Å². The molecule has 1 saturated carbocycles. The third-order valence-corrected chi connectivity index (χ3v) is 5.52. The lowest BCUT2D eigenvalue weighted by molar-refractivity contribution is -0.127. The number of nitrogens with one attached hydrogen (secondary N) is 2. The lowest BCUT2D eigenvalue weighted by Gasteiger charge is -2.18. The number of rotatable bonds is 8. The van der Waals surface area contributed by atoms with Crippen molar-refractivity contribution in [3.8, 4) is 0 Å². The van der Waals surface area contributed by atoms with Crippen LogP contribution in [-0.2, 0) is 10.2 Å². The van der Waals surface area contributed by atoms with Crippen molar-refractivity contribution in [2.75, 3.05) is 32.7 Å². The van der Waals surface area contributed by atoms with Gasteiger partial charge in [0.15, 0.2) is 5.96 Å². The van der Waals surface area contributed by atoms with Crippen molar-refractivity contribution in [2.45, 2.75) is 51.4 Å². The van der Waals surface area contributed by atoms with Crippen LogP contribution >= 0.6 is 0 Å². The standard InChI is InChI=1S/C21H32N4O/c1-3-22-20(23-13-7-15-25-14-6-10-19(25)26)24-16-21(11-12-21)18-9-5-4-8-17(18)2/h4-5,8-9H,3,6-7,10-16H2,1-2H3,(H2,22,23,24). The van der Waals surface area contributed by atoms with Gasteiger partial charge in [0, 0.05) is 38.0 Å². The first-order chi connectivity index (χ1) is 12.6. The van der Waals surface area contributed by atoms with Crippen LogP contribution in [0, 0.1) is 6.92 Å². The lowest BCUT2D eigenvalue weighted by atomic mass is 9.92. The Labute approximate surface area is 157 Å². The summed E-state index contributed by atoms with van der Waals surface area (Å²) in [4.78, 5) is 18.5. The number of nitrogens with zero attached hydrogens (tertiary/aromatic N) is 2. The molecule has 142 valence electrons. The Morgan fingerprint density at radius 3 is 2.73 bits per heavy atom. The maximum Gasteiger partial charge on any atom is 0.222 e. The minimum atomic E-state index is 0.232. The first-order valence-corrected chi connectivity index (χ1v) is 10.0. The van der Waals surface area contributed by atoms with E-state index in [1.807, 2.05) is 4.90 Å². The van der Waals surface area contributed by atoms with Crippen LogP contribution in [-0.4, -0.2) is 49.5 Å². The molecule has 0 atom stereocenters. The predicted molar refractivity (Wildman–Crippen MR) is 107 cm³/mol. The summed E-state index contributed by atoms with van der Waals surface area (Å²) in [5, 5.41) is 6.77. The van der Waals surface area contributed by atoms with Gasteiger partial charge in [-0.25, -0.2) is 0 Å². The van der Waals surface area contributed by atoms with Crippen molar-refractivity contribution < 1.29 is 4.79 Å². The van der Waals surface area contributed by atoms with Gasteiger partial charge in [-0.1, -0.05) is 24.3 Å². The molecule has 1 saturated heterocycles. The molecule has 5 nitrogen and oxygen atoms in total. The van der Waals surface area contributed by atoms with Crippen molar-refractivity contribution in [1.29, 1.82) is 0 Å². The highest BCUT2D eigenvalue weighted by molar-refractivity contribution is 5.80. The molecule has 1 aliphatic carbocycles. The summed E-state index contributed by atoms with van der Waals surface area (Å²) in [6, 6.07) is 8.69. The Morgan fingerprint density at radius 1 is 1.27 bits per heavy atom. The molecular weight excluding hydrogens is 324 g/mol. The number of carbonyl (C=O) groups is 1. The predicted octanol–water partition coefficient (Wildman–Crippen LogP) is 2.59. The molecule has 0 radical (unpaired) electrons. The molecule has 1 aromatic carbocycles. The van der Waals surface area contributed by atoms with Crippen LogP contribution in [0.5, 0.6) is 0 Å². The summed E-state index contributed by atoms with van der Waals surface area (Å²) in [5.74, 6) is 1.19. The molecule has 1 aromatic rings. The smallest absolute Gasteiger partial charge is 0.222 e. The number of guanidine groups is 1. The molecule has 0 aromatic heterocycles. The summed E-state index contributed by atoms with van der Waals surface area (Å²) in [7, 11) is 0. The fourth-order valence-electron chi connectivity index (χ4n) is 3.82. The topological polar surface area (TPSA) is 56.7 Å². The highest BCUT2D eigenvalue weighted by atomic mass is 16.2. The lowest BCUT2D eigenvalue weighted by Crippen LogP contribution is -2.39. The molecule has 3 rings (SSSR count). The number of likely N-dealkylation sites (tertiary alicyclic amines) is 1. The Morgan fingerprint density at radius 2 is 2.08 bits per heavy atom. The van der Waals surface area contributed by atoms with Gasteiger partial charge in [-0.2, -0.15) is 0 Å². The summed E-state index contributed by atoms with van der Waals surface area (Å²) in [6.07, 6.45) is 5.13. The highest BCUT2D eigenvalue weighted by Crippen LogP contribution is 2.49. The number of aliphatic imine (C=N–C) groups is 1. The van der Waals surface area contributed by atoms with Crippen LogP contribution in [0.1, 0.15) is 50.2 Å². The minimum Gasteiger partial charge on any atom is -0.357 e. The SMILES string of the molecule is CCNC(=NCC1(c2ccccc2C)CC1)NCCCN1CCCC1=O. The Kier molecular flexibility index (Phi) is 6.17. The van der Waals surface area contributed by atoms with Gasteiger partial charge in [-0.3, -0.25) is 9.79 Å². The van der Waals surface area contributed by atoms with Crippen LogP contribution in [0.25, 0.3) is 0 Å². The van der Waals surface area contributed by atoms with E-state index >= 15 is 0 Å². The van der Waals surface area contributed by atoms with Gasteiger partial charge in [0.05, 0.1) is 6.54 Å². The molecule has 1 aliphatic heterocycles. The molecule has 2 aliphatic rings. The van der Waals surface area contributed by atoms with E-state index < -0.39 is 0 Å². The maximum absolute atomic E-state index is 11.7. The van der Waals surface area contributed by atoms with Crippen molar-refractivity contribution in [3.05, 3.63) is 35.4 Å². The van der Waals surface area contributed by atoms with E-state index in [0.29, 0.717) is 5.91 Å². The number of hydrogen-bond acceptors (Lipinski definition) is 2. The highest BCUT2D eigenvalue weighted by Gasteiger charge is 2.44. The summed E-state index contributed by atoms with van der Waals surface area (Å²) < 4.78 is 0. The van der Waals surface area contributed by atoms with Gasteiger partial charge in [0.2, 0.25) is 5.91 Å². The normalized spacial score (nSPS) is 18.9. The fourth-order valence-corrected chi connectivity index (χ4v) is 3.82. The van der Waals surface area contributed by atoms with E-state index in [1.54, 1.807) is 0 Å². The molecule has 0 bridgehead atoms. The molecule has 0 spiro atoms. The largest absolute Gasteiger partial charge is 0.357 e. The van der Waals surface area contributed by atoms with Gasteiger partial charge in [-0.05, 0) is 50.7 Å². The van der Waals surface area contributed by atoms with Crippen LogP contribution in [0.15, 0.2) is 29.3 Å². The number of carbonyl (C=O) groups excluding carboxylic acids is 1. The van der Waals surface area contributed by atoms with E-state index in [0.717, 1.165) is 57.9 Å². The molecule has 0 unspecified atom stereocenters. The number of amides is 1. The second-order valence-electron chi connectivity index (χ2n) is 7.56. The molecule has 2 N–H and O–H groups in total. The average Bonchev–Trinajstić information content (AvgIpc) is 3.32. The van der Waals surface area contributed by atoms with Crippen molar-refractivity contribution >= 4 is 11.9 Å². The number of hydrogen-bond donors (Lipinski definition) is 2. The van der Waals surface area contributed by atoms with Crippen molar-refractivity contribution in [1.82, 2.24) is 15.5 Å². The average molecular weight is 357 g/mol. The van der Waals surface area contributed by atoms with Crippen molar-refractivity contribution in [2.24, 2.45) is 4.99 Å². The van der Waals surface area contributed by atoms with Crippen LogP contribution < -0.4 is 10.6 Å². The van der Waals surface area contributed by atoms with E-state index in [1.165, 1.54) is 24.0 Å². The van der Waals surface area contributed by atoms with Gasteiger partial charge >= 0.3 is 0 Å². The van der Waals surface area contributed by atoms with Gasteiger partial charge in [0.25, 0.3) is 0 Å². The maximum atomic E-state index is 11.7. The van der Waals surface area contributed by atoms with Crippen LogP contribution in [0.4, 0.5) is 0 Å². The summed E-state index contributed by atoms with van der Waals surface area (Å²) >= 11 is 0.